The molecular weight excluding hydrogens is 1510 g/mol. The molecule has 578 valence electrons. The van der Waals surface area contributed by atoms with Crippen molar-refractivity contribution in [2.24, 2.45) is 0 Å². The van der Waals surface area contributed by atoms with Gasteiger partial charge in [-0.1, -0.05) is 339 Å². The number of benzene rings is 20. The normalized spacial score (nSPS) is 12.4. The molecule has 124 heavy (non-hydrogen) atoms. The average Bonchev–Trinajstić information content (AvgIpc) is 0.660. The second-order valence-electron chi connectivity index (χ2n) is 32.9. The van der Waals surface area contributed by atoms with Crippen LogP contribution in [0.4, 0.5) is 34.1 Å². The number of fused-ring (bicyclic) bond motifs is 8. The van der Waals surface area contributed by atoms with Gasteiger partial charge >= 0.3 is 11.9 Å². The highest BCUT2D eigenvalue weighted by Gasteiger charge is 2.47. The molecule has 0 atom stereocenters. The Labute approximate surface area is 720 Å². The van der Waals surface area contributed by atoms with Crippen LogP contribution >= 0.6 is 0 Å². The zero-order chi connectivity index (χ0) is 82.0. The molecule has 20 aromatic rings. The van der Waals surface area contributed by atoms with Crippen LogP contribution in [0, 0.1) is 0 Å². The molecule has 24 rings (SSSR count). The third-order valence-corrected chi connectivity index (χ3v) is 26.0. The fourth-order valence-electron chi connectivity index (χ4n) is 20.7. The first-order chi connectivity index (χ1) is 61.4. The van der Waals surface area contributed by atoms with E-state index in [1.54, 1.807) is 0 Å². The van der Waals surface area contributed by atoms with Gasteiger partial charge in [0.2, 0.25) is 13.4 Å². The van der Waals surface area contributed by atoms with E-state index in [1.807, 2.05) is 60.7 Å². The van der Waals surface area contributed by atoms with Gasteiger partial charge in [0, 0.05) is 34.1 Å². The molecule has 6 nitrogen and oxygen atoms in total. The maximum absolute atomic E-state index is 15.9. The topological polar surface area (TPSA) is 59.1 Å². The zero-order valence-corrected chi connectivity index (χ0v) is 67.5. The highest BCUT2D eigenvalue weighted by molar-refractivity contribution is 7.02. The van der Waals surface area contributed by atoms with E-state index in [0.717, 1.165) is 222 Å². The van der Waals surface area contributed by atoms with E-state index < -0.39 is 25.4 Å². The summed E-state index contributed by atoms with van der Waals surface area (Å²) in [6.45, 7) is -0.606. The molecule has 0 spiro atoms. The molecule has 0 amide bonds. The van der Waals surface area contributed by atoms with Gasteiger partial charge < -0.3 is 19.3 Å². The lowest BCUT2D eigenvalue weighted by Crippen LogP contribution is -2.60. The largest absolute Gasteiger partial charge is 0.457 e. The van der Waals surface area contributed by atoms with Crippen LogP contribution < -0.4 is 42.6 Å². The summed E-state index contributed by atoms with van der Waals surface area (Å²) in [6.07, 6.45) is 0. The smallest absolute Gasteiger partial charge is 0.338 e. The van der Waals surface area contributed by atoms with Crippen molar-refractivity contribution in [2.45, 2.75) is 13.2 Å². The number of hydrogen-bond acceptors (Lipinski definition) is 6. The molecule has 4 heterocycles. The van der Waals surface area contributed by atoms with Gasteiger partial charge in [-0.25, -0.2) is 9.59 Å². The molecule has 0 N–H and O–H groups in total. The summed E-state index contributed by atoms with van der Waals surface area (Å²) < 4.78 is 13.1. The molecule has 0 aromatic heterocycles. The second-order valence-corrected chi connectivity index (χ2v) is 32.9. The van der Waals surface area contributed by atoms with Crippen molar-refractivity contribution in [3.8, 4) is 111 Å². The van der Waals surface area contributed by atoms with Crippen molar-refractivity contribution in [3.63, 3.8) is 0 Å². The standard InChI is InChI=1S/C116H74B2N2O4/c121-115(123-71-73-35-11-1-12-36-73)83-63-97-93-67-91(107-87(77-43-19-5-20-44-77)59-81(75-39-15-3-16-40-75)60-88(107)78-45-21-6-22-46-78)95-70-102-110-94(98-64-84(116(122)124-72-74-37-13-2-14-38-74)66-106-114(98)118(102)100-56-32-34-58-104(100)120(106)86-53-29-10-30-54-86)68-92(108-89(79-47-23-7-24-48-79)61-82(76-41-17-4-18-42-76)62-90(108)80-49-25-8-26-50-80)96-69-101(109(93)111(95)112(96)110)117-99-55-31-33-57-103(99)119(105(65-83)113(97)117)85-51-27-9-28-52-85/h1-70H,71-72H2. The number of para-hydroxylation sites is 4. The summed E-state index contributed by atoms with van der Waals surface area (Å²) in [6, 6.07) is 153. The van der Waals surface area contributed by atoms with Gasteiger partial charge in [-0.05, 0) is 274 Å². The minimum atomic E-state index is -0.424. The molecule has 0 saturated carbocycles. The summed E-state index contributed by atoms with van der Waals surface area (Å²) >= 11 is 0. The van der Waals surface area contributed by atoms with Gasteiger partial charge in [0.1, 0.15) is 13.2 Å². The summed E-state index contributed by atoms with van der Waals surface area (Å²) in [5, 5.41) is 6.55. The van der Waals surface area contributed by atoms with Crippen molar-refractivity contribution in [1.82, 2.24) is 0 Å². The first-order valence-electron chi connectivity index (χ1n) is 42.6. The molecule has 20 aromatic carbocycles. The van der Waals surface area contributed by atoms with Crippen molar-refractivity contribution in [2.75, 3.05) is 9.80 Å². The number of carbonyl (C=O) groups is 2. The highest BCUT2D eigenvalue weighted by atomic mass is 16.5. The Morgan fingerprint density at radius 1 is 0.226 bits per heavy atom. The summed E-state index contributed by atoms with van der Waals surface area (Å²) in [5.74, 6) is -0.848. The Morgan fingerprint density at radius 2 is 0.516 bits per heavy atom. The predicted octanol–water partition coefficient (Wildman–Crippen LogP) is 25.2. The van der Waals surface area contributed by atoms with E-state index in [0.29, 0.717) is 11.1 Å². The van der Waals surface area contributed by atoms with E-state index in [9.17, 15) is 0 Å². The van der Waals surface area contributed by atoms with E-state index in [2.05, 4.69) is 374 Å². The van der Waals surface area contributed by atoms with Crippen LogP contribution in [-0.4, -0.2) is 25.4 Å². The SMILES string of the molecule is O=C(OCc1ccccc1)c1cc2c3c(c1)N(c1ccccc1)c1ccccc1B3c1cc3c(-c4c(-c5ccccc5)cc(-c5ccccc5)cc4-c4ccccc4)cc4c5c(cc6c(-c7c(-c8ccccc8)cc(-c8ccccc8)cc7-c7ccccc7)cc-2c1c6c35)B1c2ccccc2N(c2ccccc2)c2cc(C(=O)OCc3ccccc3)cc-4c21. The maximum Gasteiger partial charge on any atom is 0.338 e. The number of nitrogens with zero attached hydrogens (tertiary/aromatic N) is 2. The molecule has 8 heteroatoms. The predicted molar refractivity (Wildman–Crippen MR) is 514 cm³/mol. The van der Waals surface area contributed by atoms with Crippen molar-refractivity contribution < 1.29 is 19.1 Å². The van der Waals surface area contributed by atoms with Gasteiger partial charge in [-0.3, -0.25) is 0 Å². The van der Waals surface area contributed by atoms with Crippen LogP contribution in [0.2, 0.25) is 0 Å². The van der Waals surface area contributed by atoms with Crippen LogP contribution in [0.5, 0.6) is 0 Å². The number of esters is 2. The lowest BCUT2D eigenvalue weighted by Gasteiger charge is -2.42. The van der Waals surface area contributed by atoms with Crippen molar-refractivity contribution in [3.05, 3.63) is 447 Å². The maximum atomic E-state index is 15.9. The second kappa shape index (κ2) is 29.5. The van der Waals surface area contributed by atoms with Crippen LogP contribution in [0.1, 0.15) is 31.8 Å². The number of ether oxygens (including phenoxy) is 2. The molecule has 4 aliphatic rings. The fourth-order valence-corrected chi connectivity index (χ4v) is 20.7. The van der Waals surface area contributed by atoms with Gasteiger partial charge in [0.25, 0.3) is 0 Å². The number of hydrogen-bond donors (Lipinski definition) is 0. The Bertz CT molecular complexity index is 7100. The van der Waals surface area contributed by atoms with Crippen LogP contribution in [0.25, 0.3) is 144 Å². The zero-order valence-electron chi connectivity index (χ0n) is 67.5. The van der Waals surface area contributed by atoms with Crippen molar-refractivity contribution >= 4 is 125 Å². The quantitative estimate of drug-likeness (QED) is 0.0546. The Balaban J connectivity index is 0.932. The van der Waals surface area contributed by atoms with E-state index in [1.165, 1.54) is 0 Å². The molecular formula is C116H74B2N2O4. The minimum absolute atomic E-state index is 0.0905. The lowest BCUT2D eigenvalue weighted by atomic mass is 9.31. The molecule has 0 unspecified atom stereocenters. The third-order valence-electron chi connectivity index (χ3n) is 26.0. The molecule has 0 saturated heterocycles. The molecule has 0 aliphatic carbocycles. The van der Waals surface area contributed by atoms with E-state index in [4.69, 9.17) is 9.47 Å². The number of carbonyl (C=O) groups excluding carboxylic acids is 2. The monoisotopic (exact) mass is 1580 g/mol. The van der Waals surface area contributed by atoms with E-state index >= 15 is 9.59 Å². The Kier molecular flexibility index (Phi) is 17.2. The van der Waals surface area contributed by atoms with Crippen LogP contribution in [0.15, 0.2) is 425 Å². The Hall–Kier alpha value is -15.9. The van der Waals surface area contributed by atoms with Gasteiger partial charge in [0.05, 0.1) is 11.1 Å². The lowest BCUT2D eigenvalue weighted by molar-refractivity contribution is 0.0464. The minimum Gasteiger partial charge on any atom is -0.457 e. The van der Waals surface area contributed by atoms with Crippen LogP contribution in [-0.2, 0) is 22.7 Å². The molecule has 0 radical (unpaired) electrons. The molecule has 0 fully saturated rings. The first-order valence-corrected chi connectivity index (χ1v) is 42.6. The molecule has 4 aliphatic heterocycles. The van der Waals surface area contributed by atoms with E-state index in [-0.39, 0.29) is 13.2 Å². The summed E-state index contributed by atoms with van der Waals surface area (Å²) in [5.41, 5.74) is 36.1. The van der Waals surface area contributed by atoms with Crippen LogP contribution in [0.3, 0.4) is 0 Å². The van der Waals surface area contributed by atoms with Gasteiger partial charge in [-0.2, -0.15) is 0 Å². The fraction of sp³-hybridized carbons (Fsp3) is 0.0172. The number of anilines is 6. The molecule has 0 bridgehead atoms. The Morgan fingerprint density at radius 3 is 0.847 bits per heavy atom. The highest BCUT2D eigenvalue weighted by Crippen LogP contribution is 2.57. The third kappa shape index (κ3) is 11.7. The average molecular weight is 1580 g/mol. The summed E-state index contributed by atoms with van der Waals surface area (Å²) in [4.78, 5) is 36.5. The summed E-state index contributed by atoms with van der Waals surface area (Å²) in [7, 11) is 0. The van der Waals surface area contributed by atoms with Gasteiger partial charge in [-0.15, -0.1) is 0 Å². The first kappa shape index (κ1) is 72.2. The van der Waals surface area contributed by atoms with Crippen molar-refractivity contribution in [1.29, 1.82) is 0 Å². The number of rotatable bonds is 16. The van der Waals surface area contributed by atoms with Gasteiger partial charge in [0.15, 0.2) is 0 Å².